The van der Waals surface area contributed by atoms with Gasteiger partial charge in [0.1, 0.15) is 11.2 Å². The summed E-state index contributed by atoms with van der Waals surface area (Å²) < 4.78 is 17.5. The Bertz CT molecular complexity index is 509. The minimum absolute atomic E-state index is 0.220. The quantitative estimate of drug-likeness (QED) is 0.756. The number of nitrogens with zero attached hydrogens (tertiary/aromatic N) is 2. The van der Waals surface area contributed by atoms with E-state index < -0.39 is 11.9 Å². The third kappa shape index (κ3) is 1.78. The normalized spacial score (nSPS) is 10.5. The molecule has 0 saturated carbocycles. The average molecular weight is 209 g/mol. The number of ether oxygens (including phenoxy) is 1. The highest BCUT2D eigenvalue weighted by molar-refractivity contribution is 5.92. The Morgan fingerprint density at radius 1 is 1.67 bits per heavy atom. The molecule has 0 aliphatic rings. The number of H-pyrrole nitrogens is 1. The Hall–Kier alpha value is -1.98. The first-order valence-corrected chi connectivity index (χ1v) is 4.39. The zero-order valence-corrected chi connectivity index (χ0v) is 7.95. The fourth-order valence-corrected chi connectivity index (χ4v) is 1.20. The fraction of sp³-hybridized carbons (Fsp3) is 0.222. The zero-order valence-electron chi connectivity index (χ0n) is 7.95. The maximum atomic E-state index is 12.7. The number of carbonyl (C=O) groups excluding carboxylic acids is 1. The van der Waals surface area contributed by atoms with Crippen LogP contribution in [0.2, 0.25) is 0 Å². The van der Waals surface area contributed by atoms with E-state index in [1.54, 1.807) is 6.92 Å². The Morgan fingerprint density at radius 2 is 2.47 bits per heavy atom. The van der Waals surface area contributed by atoms with Crippen molar-refractivity contribution in [3.8, 4) is 0 Å². The van der Waals surface area contributed by atoms with Gasteiger partial charge in [-0.3, -0.25) is 0 Å². The van der Waals surface area contributed by atoms with Crippen LogP contribution in [0.15, 0.2) is 12.3 Å². The molecule has 5 nitrogen and oxygen atoms in total. The summed E-state index contributed by atoms with van der Waals surface area (Å²) >= 11 is 0. The first-order valence-electron chi connectivity index (χ1n) is 4.39. The first-order chi connectivity index (χ1) is 7.20. The fourth-order valence-electron chi connectivity index (χ4n) is 1.20. The summed E-state index contributed by atoms with van der Waals surface area (Å²) in [4.78, 5) is 21.3. The van der Waals surface area contributed by atoms with Gasteiger partial charge in [0.2, 0.25) is 5.95 Å². The Labute approximate surface area is 84.3 Å². The van der Waals surface area contributed by atoms with Crippen LogP contribution in [0.3, 0.4) is 0 Å². The highest BCUT2D eigenvalue weighted by atomic mass is 19.1. The number of hydrogen-bond acceptors (Lipinski definition) is 4. The number of halogens is 1. The molecule has 78 valence electrons. The average Bonchev–Trinajstić information content (AvgIpc) is 2.60. The molecule has 0 unspecified atom stereocenters. The molecule has 0 aromatic carbocycles. The standard InChI is InChI=1S/C9H8FN3O2/c1-2-15-9(14)6-3-5-8(13-6)11-4-7(10)12-5/h3-4H,2H2,1H3,(H,11,13). The van der Waals surface area contributed by atoms with E-state index in [1.807, 2.05) is 0 Å². The molecule has 0 fully saturated rings. The number of rotatable bonds is 2. The minimum atomic E-state index is -0.683. The van der Waals surface area contributed by atoms with Crippen LogP contribution in [0, 0.1) is 5.95 Å². The SMILES string of the molecule is CCOC(=O)c1cc2nc(F)cnc2[nH]1. The smallest absolute Gasteiger partial charge is 0.354 e. The van der Waals surface area contributed by atoms with Crippen molar-refractivity contribution in [3.05, 3.63) is 23.9 Å². The summed E-state index contributed by atoms with van der Waals surface area (Å²) in [5.41, 5.74) is 0.884. The number of nitrogens with one attached hydrogen (secondary N) is 1. The summed E-state index contributed by atoms with van der Waals surface area (Å²) in [6, 6.07) is 1.41. The van der Waals surface area contributed by atoms with Crippen LogP contribution in [-0.4, -0.2) is 27.5 Å². The van der Waals surface area contributed by atoms with Crippen molar-refractivity contribution >= 4 is 17.1 Å². The molecule has 0 aliphatic carbocycles. The number of hydrogen-bond donors (Lipinski definition) is 1. The second kappa shape index (κ2) is 3.64. The van der Waals surface area contributed by atoms with Crippen LogP contribution in [0.1, 0.15) is 17.4 Å². The summed E-state index contributed by atoms with van der Waals surface area (Å²) in [6.45, 7) is 1.99. The lowest BCUT2D eigenvalue weighted by Gasteiger charge is -1.96. The van der Waals surface area contributed by atoms with Crippen LogP contribution < -0.4 is 0 Å². The van der Waals surface area contributed by atoms with Gasteiger partial charge in [-0.25, -0.2) is 14.8 Å². The van der Waals surface area contributed by atoms with E-state index in [9.17, 15) is 9.18 Å². The molecule has 0 amide bonds. The van der Waals surface area contributed by atoms with Gasteiger partial charge in [0.05, 0.1) is 12.8 Å². The van der Waals surface area contributed by atoms with E-state index in [2.05, 4.69) is 15.0 Å². The van der Waals surface area contributed by atoms with Crippen LogP contribution in [0.25, 0.3) is 11.2 Å². The van der Waals surface area contributed by atoms with Crippen molar-refractivity contribution in [1.82, 2.24) is 15.0 Å². The molecular weight excluding hydrogens is 201 g/mol. The van der Waals surface area contributed by atoms with E-state index in [1.165, 1.54) is 6.07 Å². The summed E-state index contributed by atoms with van der Waals surface area (Å²) in [7, 11) is 0. The molecule has 6 heteroatoms. The van der Waals surface area contributed by atoms with Gasteiger partial charge in [0, 0.05) is 0 Å². The lowest BCUT2D eigenvalue weighted by Crippen LogP contribution is -2.04. The van der Waals surface area contributed by atoms with Gasteiger partial charge >= 0.3 is 5.97 Å². The highest BCUT2D eigenvalue weighted by Crippen LogP contribution is 2.11. The monoisotopic (exact) mass is 209 g/mol. The number of carbonyl (C=O) groups is 1. The van der Waals surface area contributed by atoms with E-state index in [-0.39, 0.29) is 12.3 Å². The topological polar surface area (TPSA) is 67.9 Å². The van der Waals surface area contributed by atoms with Crippen molar-refractivity contribution in [1.29, 1.82) is 0 Å². The van der Waals surface area contributed by atoms with Gasteiger partial charge in [-0.05, 0) is 13.0 Å². The van der Waals surface area contributed by atoms with Gasteiger partial charge in [-0.1, -0.05) is 0 Å². The Morgan fingerprint density at radius 3 is 3.20 bits per heavy atom. The minimum Gasteiger partial charge on any atom is -0.461 e. The molecule has 2 aromatic heterocycles. The lowest BCUT2D eigenvalue weighted by atomic mass is 10.4. The van der Waals surface area contributed by atoms with Crippen molar-refractivity contribution in [2.24, 2.45) is 0 Å². The second-order valence-electron chi connectivity index (χ2n) is 2.83. The predicted molar refractivity (Wildman–Crippen MR) is 49.8 cm³/mol. The maximum Gasteiger partial charge on any atom is 0.354 e. The van der Waals surface area contributed by atoms with Gasteiger partial charge in [0.15, 0.2) is 5.65 Å². The van der Waals surface area contributed by atoms with Crippen LogP contribution >= 0.6 is 0 Å². The van der Waals surface area contributed by atoms with Crippen LogP contribution in [0.5, 0.6) is 0 Å². The maximum absolute atomic E-state index is 12.7. The number of fused-ring (bicyclic) bond motifs is 1. The number of aromatic nitrogens is 3. The van der Waals surface area contributed by atoms with Crippen LogP contribution in [0.4, 0.5) is 4.39 Å². The van der Waals surface area contributed by atoms with Gasteiger partial charge < -0.3 is 9.72 Å². The van der Waals surface area contributed by atoms with E-state index in [0.717, 1.165) is 6.20 Å². The van der Waals surface area contributed by atoms with Crippen molar-refractivity contribution in [2.75, 3.05) is 6.61 Å². The molecule has 15 heavy (non-hydrogen) atoms. The van der Waals surface area contributed by atoms with E-state index in [0.29, 0.717) is 11.2 Å². The molecule has 0 radical (unpaired) electrons. The highest BCUT2D eigenvalue weighted by Gasteiger charge is 2.11. The van der Waals surface area contributed by atoms with Crippen molar-refractivity contribution in [3.63, 3.8) is 0 Å². The van der Waals surface area contributed by atoms with Gasteiger partial charge in [-0.15, -0.1) is 0 Å². The molecular formula is C9H8FN3O2. The van der Waals surface area contributed by atoms with Crippen molar-refractivity contribution in [2.45, 2.75) is 6.92 Å². The van der Waals surface area contributed by atoms with Crippen molar-refractivity contribution < 1.29 is 13.9 Å². The molecule has 0 bridgehead atoms. The molecule has 0 aliphatic heterocycles. The molecule has 2 heterocycles. The Balaban J connectivity index is 2.42. The van der Waals surface area contributed by atoms with Gasteiger partial charge in [-0.2, -0.15) is 4.39 Å². The molecule has 0 spiro atoms. The van der Waals surface area contributed by atoms with E-state index >= 15 is 0 Å². The number of aromatic amines is 1. The Kier molecular flexibility index (Phi) is 2.32. The largest absolute Gasteiger partial charge is 0.461 e. The summed E-state index contributed by atoms with van der Waals surface area (Å²) in [5, 5.41) is 0. The van der Waals surface area contributed by atoms with E-state index in [4.69, 9.17) is 4.74 Å². The predicted octanol–water partition coefficient (Wildman–Crippen LogP) is 1.27. The zero-order chi connectivity index (χ0) is 10.8. The third-order valence-corrected chi connectivity index (χ3v) is 1.80. The molecule has 1 N–H and O–H groups in total. The molecule has 0 atom stereocenters. The third-order valence-electron chi connectivity index (χ3n) is 1.80. The summed E-state index contributed by atoms with van der Waals surface area (Å²) in [6.07, 6.45) is 0.980. The first kappa shape index (κ1) is 9.57. The van der Waals surface area contributed by atoms with Crippen LogP contribution in [-0.2, 0) is 4.74 Å². The lowest BCUT2D eigenvalue weighted by molar-refractivity contribution is 0.0520. The number of esters is 1. The second-order valence-corrected chi connectivity index (χ2v) is 2.83. The molecule has 0 saturated heterocycles. The van der Waals surface area contributed by atoms with Gasteiger partial charge in [0.25, 0.3) is 0 Å². The molecule has 2 aromatic rings. The molecule has 2 rings (SSSR count). The summed E-state index contributed by atoms with van der Waals surface area (Å²) in [5.74, 6) is -1.19.